The van der Waals surface area contributed by atoms with Gasteiger partial charge in [-0.1, -0.05) is 60.7 Å². The van der Waals surface area contributed by atoms with Gasteiger partial charge in [0.1, 0.15) is 24.2 Å². The number of carbonyl (C=O) groups is 2. The molecule has 0 aliphatic rings. The standard InChI is InChI=1S/C28H29NO7/c30-19-20-34-24-16-8-7-15-23(24)27(36-28(33)29-21-11-3-1-4-12-21)25(17-9-10-18-26(31)32)35-22-13-5-2-6-14-22/h1-8,10-16,18,25,27,30H,9,17,19-20H2,(H,29,33)(H,31,32)/b18-10+/t25-,27-/m1/s1. The number of allylic oxidation sites excluding steroid dienone is 1. The van der Waals surface area contributed by atoms with Gasteiger partial charge in [-0.25, -0.2) is 9.59 Å². The Morgan fingerprint density at radius 3 is 2.28 bits per heavy atom. The Morgan fingerprint density at radius 2 is 1.58 bits per heavy atom. The van der Waals surface area contributed by atoms with Crippen molar-refractivity contribution in [1.29, 1.82) is 0 Å². The Bertz CT molecular complexity index is 1120. The maximum atomic E-state index is 12.9. The lowest BCUT2D eigenvalue weighted by molar-refractivity contribution is -0.131. The molecule has 0 aliphatic carbocycles. The highest BCUT2D eigenvalue weighted by atomic mass is 16.6. The topological polar surface area (TPSA) is 114 Å². The molecule has 8 nitrogen and oxygen atoms in total. The molecule has 3 rings (SSSR count). The van der Waals surface area contributed by atoms with Crippen molar-refractivity contribution in [3.05, 3.63) is 103 Å². The van der Waals surface area contributed by atoms with E-state index in [0.717, 1.165) is 6.08 Å². The maximum Gasteiger partial charge on any atom is 0.412 e. The third-order valence-corrected chi connectivity index (χ3v) is 5.08. The van der Waals surface area contributed by atoms with Crippen LogP contribution in [0, 0.1) is 0 Å². The van der Waals surface area contributed by atoms with Gasteiger partial charge in [-0.15, -0.1) is 0 Å². The van der Waals surface area contributed by atoms with Crippen LogP contribution in [0.5, 0.6) is 11.5 Å². The largest absolute Gasteiger partial charge is 0.491 e. The van der Waals surface area contributed by atoms with Gasteiger partial charge in [-0.05, 0) is 43.2 Å². The molecule has 0 saturated heterocycles. The third-order valence-electron chi connectivity index (χ3n) is 5.08. The van der Waals surface area contributed by atoms with Gasteiger partial charge in [0.25, 0.3) is 0 Å². The molecule has 3 N–H and O–H groups in total. The predicted molar refractivity (Wildman–Crippen MR) is 135 cm³/mol. The molecule has 1 amide bonds. The van der Waals surface area contributed by atoms with Crippen molar-refractivity contribution in [2.75, 3.05) is 18.5 Å². The van der Waals surface area contributed by atoms with Gasteiger partial charge in [0.05, 0.1) is 6.61 Å². The Balaban J connectivity index is 1.94. The Labute approximate surface area is 209 Å². The number of hydrogen-bond donors (Lipinski definition) is 3. The lowest BCUT2D eigenvalue weighted by Crippen LogP contribution is -2.31. The molecule has 3 aromatic carbocycles. The summed E-state index contributed by atoms with van der Waals surface area (Å²) in [5.41, 5.74) is 1.12. The van der Waals surface area contributed by atoms with Crippen molar-refractivity contribution in [2.24, 2.45) is 0 Å². The van der Waals surface area contributed by atoms with Crippen LogP contribution in [-0.4, -0.2) is 41.6 Å². The molecule has 0 aromatic heterocycles. The predicted octanol–water partition coefficient (Wildman–Crippen LogP) is 5.22. The second kappa shape index (κ2) is 14.2. The molecule has 0 radical (unpaired) electrons. The molecular weight excluding hydrogens is 462 g/mol. The summed E-state index contributed by atoms with van der Waals surface area (Å²) in [6, 6.07) is 25.0. The monoisotopic (exact) mass is 491 g/mol. The van der Waals surface area contributed by atoms with Crippen LogP contribution in [0.2, 0.25) is 0 Å². The van der Waals surface area contributed by atoms with Crippen LogP contribution in [0.3, 0.4) is 0 Å². The van der Waals surface area contributed by atoms with Gasteiger partial charge in [0.2, 0.25) is 0 Å². The molecule has 0 saturated carbocycles. The second-order valence-electron chi connectivity index (χ2n) is 7.71. The minimum Gasteiger partial charge on any atom is -0.491 e. The molecule has 188 valence electrons. The summed E-state index contributed by atoms with van der Waals surface area (Å²) in [5.74, 6) is -0.0457. The zero-order chi connectivity index (χ0) is 25.6. The number of aliphatic hydroxyl groups is 1. The summed E-state index contributed by atoms with van der Waals surface area (Å²) in [5, 5.41) is 20.9. The zero-order valence-electron chi connectivity index (χ0n) is 19.7. The van der Waals surface area contributed by atoms with Gasteiger partial charge in [0, 0.05) is 17.3 Å². The number of aliphatic hydroxyl groups excluding tert-OH is 1. The fraction of sp³-hybridized carbons (Fsp3) is 0.214. The molecule has 0 spiro atoms. The minimum atomic E-state index is -1.05. The average molecular weight is 492 g/mol. The minimum absolute atomic E-state index is 0.0610. The first-order chi connectivity index (χ1) is 17.6. The smallest absolute Gasteiger partial charge is 0.412 e. The van der Waals surface area contributed by atoms with Crippen LogP contribution in [0.1, 0.15) is 24.5 Å². The van der Waals surface area contributed by atoms with Crippen molar-refractivity contribution in [2.45, 2.75) is 25.0 Å². The van der Waals surface area contributed by atoms with E-state index in [4.69, 9.17) is 19.3 Å². The summed E-state index contributed by atoms with van der Waals surface area (Å²) in [6.45, 7) is -0.121. The molecule has 0 bridgehead atoms. The number of aliphatic carboxylic acids is 1. The average Bonchev–Trinajstić information content (AvgIpc) is 2.89. The van der Waals surface area contributed by atoms with Crippen molar-refractivity contribution in [1.82, 2.24) is 0 Å². The number of carboxylic acids is 1. The van der Waals surface area contributed by atoms with E-state index in [0.29, 0.717) is 35.6 Å². The molecule has 0 unspecified atom stereocenters. The molecule has 0 heterocycles. The Morgan fingerprint density at radius 1 is 0.917 bits per heavy atom. The molecule has 0 aliphatic heterocycles. The fourth-order valence-electron chi connectivity index (χ4n) is 3.52. The van der Waals surface area contributed by atoms with Crippen LogP contribution < -0.4 is 14.8 Å². The van der Waals surface area contributed by atoms with Crippen molar-refractivity contribution in [3.63, 3.8) is 0 Å². The summed E-state index contributed by atoms with van der Waals surface area (Å²) in [4.78, 5) is 23.9. The molecular formula is C28H29NO7. The third kappa shape index (κ3) is 8.48. The van der Waals surface area contributed by atoms with Gasteiger partial charge in [-0.2, -0.15) is 0 Å². The number of carboxylic acid groups (broad SMARTS) is 1. The van der Waals surface area contributed by atoms with Crippen LogP contribution in [0.4, 0.5) is 10.5 Å². The van der Waals surface area contributed by atoms with E-state index in [1.54, 1.807) is 60.7 Å². The molecule has 3 aromatic rings. The number of nitrogens with one attached hydrogen (secondary N) is 1. The fourth-order valence-corrected chi connectivity index (χ4v) is 3.52. The van der Waals surface area contributed by atoms with Crippen LogP contribution in [-0.2, 0) is 9.53 Å². The lowest BCUT2D eigenvalue weighted by Gasteiger charge is -2.29. The number of rotatable bonds is 13. The first-order valence-corrected chi connectivity index (χ1v) is 11.5. The van der Waals surface area contributed by atoms with Crippen LogP contribution >= 0.6 is 0 Å². The van der Waals surface area contributed by atoms with Crippen molar-refractivity contribution >= 4 is 17.7 Å². The van der Waals surface area contributed by atoms with E-state index in [1.807, 2.05) is 24.3 Å². The number of anilines is 1. The first kappa shape index (κ1) is 26.3. The lowest BCUT2D eigenvalue weighted by atomic mass is 9.99. The van der Waals surface area contributed by atoms with Gasteiger partial charge in [-0.3, -0.25) is 5.32 Å². The van der Waals surface area contributed by atoms with E-state index in [2.05, 4.69) is 5.32 Å². The van der Waals surface area contributed by atoms with E-state index < -0.39 is 24.3 Å². The number of amides is 1. The maximum absolute atomic E-state index is 12.9. The summed E-state index contributed by atoms with van der Waals surface area (Å²) in [7, 11) is 0. The Hall–Kier alpha value is -4.30. The number of carbonyl (C=O) groups excluding carboxylic acids is 1. The van der Waals surface area contributed by atoms with E-state index >= 15 is 0 Å². The first-order valence-electron chi connectivity index (χ1n) is 11.5. The number of benzene rings is 3. The number of ether oxygens (including phenoxy) is 3. The van der Waals surface area contributed by atoms with Crippen LogP contribution in [0.25, 0.3) is 0 Å². The highest BCUT2D eigenvalue weighted by molar-refractivity contribution is 5.84. The highest BCUT2D eigenvalue weighted by Crippen LogP contribution is 2.34. The summed E-state index contributed by atoms with van der Waals surface area (Å²) < 4.78 is 17.9. The van der Waals surface area contributed by atoms with Crippen molar-refractivity contribution in [3.8, 4) is 11.5 Å². The van der Waals surface area contributed by atoms with E-state index in [9.17, 15) is 14.7 Å². The molecule has 2 atom stereocenters. The highest BCUT2D eigenvalue weighted by Gasteiger charge is 2.31. The quantitative estimate of drug-likeness (QED) is 0.281. The van der Waals surface area contributed by atoms with Crippen LogP contribution in [0.15, 0.2) is 97.1 Å². The normalized spacial score (nSPS) is 12.5. The van der Waals surface area contributed by atoms with E-state index in [-0.39, 0.29) is 13.2 Å². The molecule has 8 heteroatoms. The molecule has 36 heavy (non-hydrogen) atoms. The Kier molecular flexibility index (Phi) is 10.4. The second-order valence-corrected chi connectivity index (χ2v) is 7.71. The van der Waals surface area contributed by atoms with E-state index in [1.165, 1.54) is 6.08 Å². The zero-order valence-corrected chi connectivity index (χ0v) is 19.7. The number of para-hydroxylation sites is 3. The summed E-state index contributed by atoms with van der Waals surface area (Å²) in [6.07, 6.45) is 1.01. The SMILES string of the molecule is O=C(O)/C=C/CC[C@@H](Oc1ccccc1)[C@H](OC(=O)Nc1ccccc1)c1ccccc1OCCO. The van der Waals surface area contributed by atoms with Gasteiger partial charge in [0.15, 0.2) is 6.10 Å². The summed E-state index contributed by atoms with van der Waals surface area (Å²) >= 11 is 0. The molecule has 0 fully saturated rings. The number of hydrogen-bond acceptors (Lipinski definition) is 6. The van der Waals surface area contributed by atoms with Gasteiger partial charge < -0.3 is 24.4 Å². The van der Waals surface area contributed by atoms with Gasteiger partial charge >= 0.3 is 12.1 Å². The van der Waals surface area contributed by atoms with Crippen molar-refractivity contribution < 1.29 is 34.0 Å².